The third-order valence-electron chi connectivity index (χ3n) is 3.47. The Balaban J connectivity index is 1.65. The van der Waals surface area contributed by atoms with Gasteiger partial charge in [0.2, 0.25) is 0 Å². The molecule has 3 N–H and O–H groups in total. The van der Waals surface area contributed by atoms with Crippen LogP contribution in [0.4, 0.5) is 5.69 Å². The smallest absolute Gasteiger partial charge is 0.316 e. The van der Waals surface area contributed by atoms with Gasteiger partial charge in [0.25, 0.3) is 0 Å². The minimum absolute atomic E-state index is 0.0851. The molecule has 116 valence electrons. The number of nitrogens with two attached hydrogens (primary N) is 1. The summed E-state index contributed by atoms with van der Waals surface area (Å²) < 4.78 is 25.9. The summed E-state index contributed by atoms with van der Waals surface area (Å²) in [6.45, 7) is 0.522. The highest BCUT2D eigenvalue weighted by atomic mass is 32.2. The zero-order valence-electron chi connectivity index (χ0n) is 12.0. The molecule has 2 atom stereocenters. The Morgan fingerprint density at radius 1 is 1.27 bits per heavy atom. The van der Waals surface area contributed by atoms with Gasteiger partial charge in [0.05, 0.1) is 0 Å². The van der Waals surface area contributed by atoms with Crippen molar-refractivity contribution in [1.29, 1.82) is 0 Å². The average molecular weight is 318 g/mol. The van der Waals surface area contributed by atoms with Crippen LogP contribution in [-0.2, 0) is 17.7 Å². The Labute approximate surface area is 132 Å². The van der Waals surface area contributed by atoms with Crippen LogP contribution in [0, 0.1) is 0 Å². The second kappa shape index (κ2) is 6.81. The van der Waals surface area contributed by atoms with Gasteiger partial charge in [-0.2, -0.15) is 4.21 Å². The molecule has 0 amide bonds. The van der Waals surface area contributed by atoms with Gasteiger partial charge in [-0.1, -0.05) is 18.2 Å². The Bertz CT molecular complexity index is 664. The molecule has 1 aliphatic rings. The molecule has 2 unspecified atom stereocenters. The second-order valence-electron chi connectivity index (χ2n) is 5.07. The van der Waals surface area contributed by atoms with E-state index in [4.69, 9.17) is 14.7 Å². The zero-order valence-corrected chi connectivity index (χ0v) is 12.8. The highest BCUT2D eigenvalue weighted by Gasteiger charge is 2.18. The molecular formula is C16H18N2O3S. The highest BCUT2D eigenvalue weighted by molar-refractivity contribution is 7.81. The third-order valence-corrected chi connectivity index (χ3v) is 4.22. The summed E-state index contributed by atoms with van der Waals surface area (Å²) in [5, 5.41) is 0. The van der Waals surface area contributed by atoms with E-state index in [1.54, 1.807) is 12.1 Å². The number of rotatable bonds is 5. The van der Waals surface area contributed by atoms with E-state index in [9.17, 15) is 4.21 Å². The van der Waals surface area contributed by atoms with Crippen LogP contribution >= 0.6 is 0 Å². The summed E-state index contributed by atoms with van der Waals surface area (Å²) in [5.41, 5.74) is 7.46. The molecule has 0 saturated carbocycles. The summed E-state index contributed by atoms with van der Waals surface area (Å²) in [7, 11) is 0. The lowest BCUT2D eigenvalue weighted by Crippen LogP contribution is -2.30. The SMILES string of the molecule is NCC1CCc2cc(NS(=O)Oc3ccccc3)ccc2O1. The lowest BCUT2D eigenvalue weighted by Gasteiger charge is -2.25. The number of aryl methyl sites for hydroxylation is 1. The number of nitrogens with one attached hydrogen (secondary N) is 1. The van der Waals surface area contributed by atoms with Gasteiger partial charge in [-0.25, -0.2) is 0 Å². The van der Waals surface area contributed by atoms with Gasteiger partial charge in [0, 0.05) is 12.2 Å². The average Bonchev–Trinajstić information content (AvgIpc) is 2.55. The fourth-order valence-corrected chi connectivity index (χ4v) is 3.00. The molecule has 2 aromatic carbocycles. The topological polar surface area (TPSA) is 73.6 Å². The molecule has 0 spiro atoms. The monoisotopic (exact) mass is 318 g/mol. The van der Waals surface area contributed by atoms with E-state index in [1.807, 2.05) is 36.4 Å². The molecule has 6 heteroatoms. The Morgan fingerprint density at radius 3 is 2.86 bits per heavy atom. The van der Waals surface area contributed by atoms with E-state index in [1.165, 1.54) is 0 Å². The summed E-state index contributed by atoms with van der Waals surface area (Å²) in [6, 6.07) is 14.7. The number of fused-ring (bicyclic) bond motifs is 1. The first-order valence-electron chi connectivity index (χ1n) is 7.16. The molecule has 5 nitrogen and oxygen atoms in total. The Kier molecular flexibility index (Phi) is 4.60. The highest BCUT2D eigenvalue weighted by Crippen LogP contribution is 2.30. The van der Waals surface area contributed by atoms with Crippen molar-refractivity contribution >= 4 is 17.0 Å². The van der Waals surface area contributed by atoms with E-state index < -0.39 is 11.3 Å². The predicted octanol–water partition coefficient (Wildman–Crippen LogP) is 2.41. The number of anilines is 1. The summed E-state index contributed by atoms with van der Waals surface area (Å²) in [6.07, 6.45) is 1.89. The maximum Gasteiger partial charge on any atom is 0.316 e. The maximum atomic E-state index is 12.0. The first kappa shape index (κ1) is 14.9. The van der Waals surface area contributed by atoms with Crippen LogP contribution in [0.25, 0.3) is 0 Å². The van der Waals surface area contributed by atoms with Crippen molar-refractivity contribution in [3.63, 3.8) is 0 Å². The van der Waals surface area contributed by atoms with Gasteiger partial charge in [0.15, 0.2) is 0 Å². The molecule has 0 fully saturated rings. The van der Waals surface area contributed by atoms with E-state index in [0.29, 0.717) is 12.3 Å². The molecule has 0 saturated heterocycles. The molecular weight excluding hydrogens is 300 g/mol. The third kappa shape index (κ3) is 3.58. The normalized spacial score (nSPS) is 18.0. The first-order chi connectivity index (χ1) is 10.7. The molecule has 0 bridgehead atoms. The fourth-order valence-electron chi connectivity index (χ4n) is 2.35. The Morgan fingerprint density at radius 2 is 2.09 bits per heavy atom. The summed E-state index contributed by atoms with van der Waals surface area (Å²) >= 11 is -1.64. The minimum atomic E-state index is -1.64. The first-order valence-corrected chi connectivity index (χ1v) is 8.23. The maximum absolute atomic E-state index is 12.0. The van der Waals surface area contributed by atoms with Crippen molar-refractivity contribution in [2.45, 2.75) is 18.9 Å². The lowest BCUT2D eigenvalue weighted by molar-refractivity contribution is 0.181. The minimum Gasteiger partial charge on any atom is -0.489 e. The molecule has 0 radical (unpaired) electrons. The van der Waals surface area contributed by atoms with Gasteiger partial charge in [-0.05, 0) is 48.7 Å². The van der Waals surface area contributed by atoms with Crippen molar-refractivity contribution < 1.29 is 13.1 Å². The zero-order chi connectivity index (χ0) is 15.4. The number of hydrogen-bond donors (Lipinski definition) is 2. The number of para-hydroxylation sites is 1. The molecule has 0 aliphatic carbocycles. The summed E-state index contributed by atoms with van der Waals surface area (Å²) in [4.78, 5) is 0. The quantitative estimate of drug-likeness (QED) is 0.888. The van der Waals surface area contributed by atoms with Gasteiger partial charge in [0.1, 0.15) is 17.6 Å². The fraction of sp³-hybridized carbons (Fsp3) is 0.250. The van der Waals surface area contributed by atoms with Crippen LogP contribution in [-0.4, -0.2) is 16.9 Å². The van der Waals surface area contributed by atoms with Gasteiger partial charge >= 0.3 is 11.3 Å². The van der Waals surface area contributed by atoms with E-state index in [2.05, 4.69) is 4.72 Å². The molecule has 3 rings (SSSR count). The molecule has 2 aromatic rings. The summed E-state index contributed by atoms with van der Waals surface area (Å²) in [5.74, 6) is 1.41. The number of hydrogen-bond acceptors (Lipinski definition) is 4. The largest absolute Gasteiger partial charge is 0.489 e. The Hall–Kier alpha value is -2.05. The van der Waals surface area contributed by atoms with Crippen LogP contribution in [0.2, 0.25) is 0 Å². The van der Waals surface area contributed by atoms with Gasteiger partial charge in [-0.3, -0.25) is 4.72 Å². The standard InChI is InChI=1S/C16H18N2O3S/c17-11-15-8-6-12-10-13(7-9-16(12)20-15)18-22(19)21-14-4-2-1-3-5-14/h1-5,7,9-10,15,18H,6,8,11,17H2. The van der Waals surface area contributed by atoms with Crippen molar-refractivity contribution in [1.82, 2.24) is 0 Å². The number of benzene rings is 2. The van der Waals surface area contributed by atoms with E-state index >= 15 is 0 Å². The number of ether oxygens (including phenoxy) is 1. The molecule has 1 heterocycles. The molecule has 22 heavy (non-hydrogen) atoms. The van der Waals surface area contributed by atoms with Gasteiger partial charge < -0.3 is 14.7 Å². The van der Waals surface area contributed by atoms with Crippen molar-refractivity contribution in [3.8, 4) is 11.5 Å². The van der Waals surface area contributed by atoms with E-state index in [-0.39, 0.29) is 6.10 Å². The van der Waals surface area contributed by atoms with Crippen LogP contribution in [0.5, 0.6) is 11.5 Å². The second-order valence-corrected chi connectivity index (χ2v) is 5.91. The van der Waals surface area contributed by atoms with Crippen molar-refractivity contribution in [2.24, 2.45) is 5.73 Å². The van der Waals surface area contributed by atoms with Crippen molar-refractivity contribution in [3.05, 3.63) is 54.1 Å². The van der Waals surface area contributed by atoms with Crippen LogP contribution in [0.3, 0.4) is 0 Å². The van der Waals surface area contributed by atoms with Crippen LogP contribution < -0.4 is 19.4 Å². The molecule has 1 aliphatic heterocycles. The lowest BCUT2D eigenvalue weighted by atomic mass is 10.0. The van der Waals surface area contributed by atoms with Gasteiger partial charge in [-0.15, -0.1) is 0 Å². The molecule has 0 aromatic heterocycles. The van der Waals surface area contributed by atoms with Crippen LogP contribution in [0.15, 0.2) is 48.5 Å². The van der Waals surface area contributed by atoms with E-state index in [0.717, 1.165) is 29.8 Å². The van der Waals surface area contributed by atoms with Crippen molar-refractivity contribution in [2.75, 3.05) is 11.3 Å². The predicted molar refractivity (Wildman–Crippen MR) is 87.1 cm³/mol. The van der Waals surface area contributed by atoms with Crippen LogP contribution in [0.1, 0.15) is 12.0 Å².